The van der Waals surface area contributed by atoms with Crippen LogP contribution in [0.1, 0.15) is 21.5 Å². The largest absolute Gasteiger partial charge is 0.383 e. The molecule has 0 spiro atoms. The van der Waals surface area contributed by atoms with E-state index in [0.29, 0.717) is 30.3 Å². The minimum atomic E-state index is -0.0410. The summed E-state index contributed by atoms with van der Waals surface area (Å²) in [7, 11) is 1.62. The van der Waals surface area contributed by atoms with Crippen LogP contribution in [0.3, 0.4) is 0 Å². The van der Waals surface area contributed by atoms with Crippen LogP contribution >= 0.6 is 11.6 Å². The van der Waals surface area contributed by atoms with Crippen molar-refractivity contribution in [1.29, 1.82) is 0 Å². The molecule has 0 unspecified atom stereocenters. The van der Waals surface area contributed by atoms with Crippen molar-refractivity contribution in [2.24, 2.45) is 0 Å². The van der Waals surface area contributed by atoms with Crippen molar-refractivity contribution in [1.82, 2.24) is 9.88 Å². The first-order valence-electron chi connectivity index (χ1n) is 7.05. The highest BCUT2D eigenvalue weighted by atomic mass is 35.5. The molecular weight excluding hydrogens is 300 g/mol. The summed E-state index contributed by atoms with van der Waals surface area (Å²) in [6, 6.07) is 9.13. The van der Waals surface area contributed by atoms with Gasteiger partial charge in [-0.1, -0.05) is 17.7 Å². The molecule has 5 heteroatoms. The smallest absolute Gasteiger partial charge is 0.254 e. The number of hydrogen-bond acceptors (Lipinski definition) is 3. The van der Waals surface area contributed by atoms with E-state index >= 15 is 0 Å². The average Bonchev–Trinajstić information content (AvgIpc) is 2.54. The summed E-state index contributed by atoms with van der Waals surface area (Å²) < 4.78 is 5.11. The van der Waals surface area contributed by atoms with E-state index in [2.05, 4.69) is 4.98 Å². The van der Waals surface area contributed by atoms with E-state index < -0.39 is 0 Å². The van der Waals surface area contributed by atoms with Crippen LogP contribution in [0, 0.1) is 6.92 Å². The number of rotatable bonds is 6. The second-order valence-electron chi connectivity index (χ2n) is 5.04. The third kappa shape index (κ3) is 4.29. The van der Waals surface area contributed by atoms with Gasteiger partial charge in [0.1, 0.15) is 0 Å². The Bertz CT molecular complexity index is 632. The summed E-state index contributed by atoms with van der Waals surface area (Å²) in [6.07, 6.45) is 3.48. The number of aromatic nitrogens is 1. The van der Waals surface area contributed by atoms with Gasteiger partial charge in [-0.25, -0.2) is 0 Å². The van der Waals surface area contributed by atoms with Crippen LogP contribution in [-0.4, -0.2) is 36.1 Å². The number of ether oxygens (including phenoxy) is 1. The fraction of sp³-hybridized carbons (Fsp3) is 0.294. The van der Waals surface area contributed by atoms with E-state index in [1.807, 2.05) is 25.1 Å². The van der Waals surface area contributed by atoms with Crippen LogP contribution in [0.25, 0.3) is 0 Å². The molecule has 1 heterocycles. The lowest BCUT2D eigenvalue weighted by atomic mass is 10.1. The lowest BCUT2D eigenvalue weighted by molar-refractivity contribution is 0.0680. The number of benzene rings is 1. The zero-order valence-corrected chi connectivity index (χ0v) is 13.5. The van der Waals surface area contributed by atoms with Crippen LogP contribution in [0.5, 0.6) is 0 Å². The molecule has 1 aromatic carbocycles. The number of pyridine rings is 1. The fourth-order valence-corrected chi connectivity index (χ4v) is 2.24. The van der Waals surface area contributed by atoms with E-state index in [-0.39, 0.29) is 5.91 Å². The second-order valence-corrected chi connectivity index (χ2v) is 5.45. The third-order valence-electron chi connectivity index (χ3n) is 3.35. The van der Waals surface area contributed by atoms with Crippen LogP contribution in [0.2, 0.25) is 5.02 Å². The van der Waals surface area contributed by atoms with Gasteiger partial charge in [0.15, 0.2) is 0 Å². The van der Waals surface area contributed by atoms with E-state index in [9.17, 15) is 4.79 Å². The minimum Gasteiger partial charge on any atom is -0.383 e. The highest BCUT2D eigenvalue weighted by Gasteiger charge is 2.16. The molecule has 2 rings (SSSR count). The number of methoxy groups -OCH3 is 1. The number of amides is 1. The van der Waals surface area contributed by atoms with Crippen molar-refractivity contribution in [2.75, 3.05) is 20.3 Å². The zero-order valence-electron chi connectivity index (χ0n) is 12.8. The maximum atomic E-state index is 12.7. The summed E-state index contributed by atoms with van der Waals surface area (Å²) in [5, 5.41) is 0.659. The van der Waals surface area contributed by atoms with Gasteiger partial charge >= 0.3 is 0 Å². The number of hydrogen-bond donors (Lipinski definition) is 0. The van der Waals surface area contributed by atoms with Crippen molar-refractivity contribution < 1.29 is 9.53 Å². The Hall–Kier alpha value is -1.91. The molecule has 0 aliphatic carbocycles. The Morgan fingerprint density at radius 1 is 1.36 bits per heavy atom. The molecule has 4 nitrogen and oxygen atoms in total. The van der Waals surface area contributed by atoms with Gasteiger partial charge in [-0.3, -0.25) is 9.78 Å². The minimum absolute atomic E-state index is 0.0410. The van der Waals surface area contributed by atoms with Crippen molar-refractivity contribution >= 4 is 17.5 Å². The molecule has 0 saturated heterocycles. The Kier molecular flexibility index (Phi) is 5.92. The van der Waals surface area contributed by atoms with E-state index in [1.54, 1.807) is 36.5 Å². The van der Waals surface area contributed by atoms with Crippen LogP contribution in [0.15, 0.2) is 42.7 Å². The molecule has 0 aliphatic heterocycles. The van der Waals surface area contributed by atoms with Crippen LogP contribution < -0.4 is 0 Å². The van der Waals surface area contributed by atoms with Gasteiger partial charge in [-0.2, -0.15) is 0 Å². The van der Waals surface area contributed by atoms with E-state index in [4.69, 9.17) is 16.3 Å². The number of nitrogens with zero attached hydrogens (tertiary/aromatic N) is 2. The number of carbonyl (C=O) groups excluding carboxylic acids is 1. The van der Waals surface area contributed by atoms with Crippen molar-refractivity contribution in [3.05, 3.63) is 64.4 Å². The molecule has 0 bridgehead atoms. The molecule has 22 heavy (non-hydrogen) atoms. The Morgan fingerprint density at radius 3 is 2.82 bits per heavy atom. The topological polar surface area (TPSA) is 42.4 Å². The van der Waals surface area contributed by atoms with E-state index in [1.165, 1.54) is 0 Å². The van der Waals surface area contributed by atoms with Crippen LogP contribution in [0.4, 0.5) is 0 Å². The Labute approximate surface area is 135 Å². The number of carbonyl (C=O) groups is 1. The SMILES string of the molecule is COCCN(Cc1cccnc1)C(=O)c1ccc(Cl)c(C)c1. The summed E-state index contributed by atoms with van der Waals surface area (Å²) in [6.45, 7) is 3.39. The molecule has 0 saturated carbocycles. The van der Waals surface area contributed by atoms with Gasteiger partial charge in [0.25, 0.3) is 5.91 Å². The lowest BCUT2D eigenvalue weighted by Crippen LogP contribution is -2.33. The lowest BCUT2D eigenvalue weighted by Gasteiger charge is -2.22. The van der Waals surface area contributed by atoms with Gasteiger partial charge in [-0.05, 0) is 42.3 Å². The highest BCUT2D eigenvalue weighted by Crippen LogP contribution is 2.18. The number of halogens is 1. The standard InChI is InChI=1S/C17H19ClN2O2/c1-13-10-15(5-6-16(13)18)17(21)20(8-9-22-2)12-14-4-3-7-19-11-14/h3-7,10-11H,8-9,12H2,1-2H3. The predicted octanol–water partition coefficient (Wildman–Crippen LogP) is 3.33. The predicted molar refractivity (Wildman–Crippen MR) is 87.0 cm³/mol. The van der Waals surface area contributed by atoms with Gasteiger partial charge < -0.3 is 9.64 Å². The first-order chi connectivity index (χ1) is 10.6. The molecule has 0 fully saturated rings. The Morgan fingerprint density at radius 2 is 2.18 bits per heavy atom. The van der Waals surface area contributed by atoms with Gasteiger partial charge in [0.2, 0.25) is 0 Å². The molecular formula is C17H19ClN2O2. The molecule has 0 N–H and O–H groups in total. The molecule has 1 amide bonds. The molecule has 0 radical (unpaired) electrons. The van der Waals surface area contributed by atoms with E-state index in [0.717, 1.165) is 11.1 Å². The van der Waals surface area contributed by atoms with Crippen molar-refractivity contribution in [3.8, 4) is 0 Å². The Balaban J connectivity index is 2.19. The third-order valence-corrected chi connectivity index (χ3v) is 3.78. The second kappa shape index (κ2) is 7.92. The average molecular weight is 319 g/mol. The van der Waals surface area contributed by atoms with Gasteiger partial charge in [0, 0.05) is 43.2 Å². The normalized spacial score (nSPS) is 10.5. The fourth-order valence-electron chi connectivity index (χ4n) is 2.13. The first-order valence-corrected chi connectivity index (χ1v) is 7.43. The van der Waals surface area contributed by atoms with Gasteiger partial charge in [-0.15, -0.1) is 0 Å². The zero-order chi connectivity index (χ0) is 15.9. The number of aryl methyl sites for hydroxylation is 1. The van der Waals surface area contributed by atoms with Gasteiger partial charge in [0.05, 0.1) is 6.61 Å². The molecule has 2 aromatic rings. The summed E-state index contributed by atoms with van der Waals surface area (Å²) in [4.78, 5) is 18.6. The maximum absolute atomic E-state index is 12.7. The van der Waals surface area contributed by atoms with Crippen LogP contribution in [-0.2, 0) is 11.3 Å². The molecule has 0 atom stereocenters. The monoisotopic (exact) mass is 318 g/mol. The maximum Gasteiger partial charge on any atom is 0.254 e. The highest BCUT2D eigenvalue weighted by molar-refractivity contribution is 6.31. The first kappa shape index (κ1) is 16.5. The summed E-state index contributed by atoms with van der Waals surface area (Å²) in [5.74, 6) is -0.0410. The quantitative estimate of drug-likeness (QED) is 0.820. The molecule has 116 valence electrons. The summed E-state index contributed by atoms with van der Waals surface area (Å²) >= 11 is 6.03. The van der Waals surface area contributed by atoms with Crippen molar-refractivity contribution in [2.45, 2.75) is 13.5 Å². The molecule has 1 aromatic heterocycles. The summed E-state index contributed by atoms with van der Waals surface area (Å²) in [5.41, 5.74) is 2.50. The molecule has 0 aliphatic rings. The van der Waals surface area contributed by atoms with Crippen molar-refractivity contribution in [3.63, 3.8) is 0 Å².